The molecule has 4 nitrogen and oxygen atoms in total. The summed E-state index contributed by atoms with van der Waals surface area (Å²) in [6.45, 7) is 5.51. The van der Waals surface area contributed by atoms with E-state index in [0.717, 1.165) is 31.5 Å². The Kier molecular flexibility index (Phi) is 6.06. The van der Waals surface area contributed by atoms with Gasteiger partial charge in [0.15, 0.2) is 0 Å². The minimum absolute atomic E-state index is 0.264. The Bertz CT molecular complexity index is 485. The van der Waals surface area contributed by atoms with E-state index in [0.29, 0.717) is 25.7 Å². The number of ether oxygens (including phenoxy) is 1. The topological polar surface area (TPSA) is 32.8 Å². The Labute approximate surface area is 139 Å². The molecule has 1 aromatic rings. The van der Waals surface area contributed by atoms with Gasteiger partial charge in [0.2, 0.25) is 5.91 Å². The van der Waals surface area contributed by atoms with Gasteiger partial charge in [0.05, 0.1) is 19.6 Å². The maximum absolute atomic E-state index is 12.5. The van der Waals surface area contributed by atoms with Crippen molar-refractivity contribution in [2.24, 2.45) is 0 Å². The molecule has 23 heavy (non-hydrogen) atoms. The second-order valence-corrected chi connectivity index (χ2v) is 6.68. The number of hydrogen-bond acceptors (Lipinski definition) is 3. The highest BCUT2D eigenvalue weighted by molar-refractivity contribution is 5.77. The third-order valence-corrected chi connectivity index (χ3v) is 4.94. The van der Waals surface area contributed by atoms with Crippen LogP contribution < -0.4 is 0 Å². The number of nitrogens with zero attached hydrogens (tertiary/aromatic N) is 2. The highest BCUT2D eigenvalue weighted by atomic mass is 16.5. The average Bonchev–Trinajstić information content (AvgIpc) is 3.25. The highest BCUT2D eigenvalue weighted by Crippen LogP contribution is 2.21. The summed E-state index contributed by atoms with van der Waals surface area (Å²) in [7, 11) is 0. The smallest absolute Gasteiger partial charge is 0.225 e. The predicted molar refractivity (Wildman–Crippen MR) is 91.1 cm³/mol. The van der Waals surface area contributed by atoms with E-state index in [1.54, 1.807) is 0 Å². The monoisotopic (exact) mass is 316 g/mol. The van der Waals surface area contributed by atoms with Gasteiger partial charge in [0.1, 0.15) is 0 Å². The van der Waals surface area contributed by atoms with Gasteiger partial charge >= 0.3 is 0 Å². The normalized spacial score (nSPS) is 21.9. The molecule has 4 heteroatoms. The van der Waals surface area contributed by atoms with Crippen LogP contribution in [0.3, 0.4) is 0 Å². The van der Waals surface area contributed by atoms with Crippen molar-refractivity contribution in [3.8, 4) is 0 Å². The van der Waals surface area contributed by atoms with E-state index >= 15 is 0 Å². The van der Waals surface area contributed by atoms with Crippen molar-refractivity contribution in [3.63, 3.8) is 0 Å². The maximum atomic E-state index is 12.5. The summed E-state index contributed by atoms with van der Waals surface area (Å²) in [5.41, 5.74) is 1.16. The molecule has 3 rings (SSSR count). The molecule has 0 unspecified atom stereocenters. The first-order chi connectivity index (χ1) is 11.3. The van der Waals surface area contributed by atoms with E-state index in [9.17, 15) is 4.79 Å². The van der Waals surface area contributed by atoms with E-state index in [1.807, 2.05) is 30.3 Å². The van der Waals surface area contributed by atoms with Crippen LogP contribution in [0.2, 0.25) is 0 Å². The molecule has 0 bridgehead atoms. The first-order valence-electron chi connectivity index (χ1n) is 8.96. The third-order valence-electron chi connectivity index (χ3n) is 4.94. The Balaban J connectivity index is 1.38. The summed E-state index contributed by atoms with van der Waals surface area (Å²) >= 11 is 0. The molecule has 0 aliphatic carbocycles. The fraction of sp³-hybridized carbons (Fsp3) is 0.632. The van der Waals surface area contributed by atoms with E-state index in [1.165, 1.54) is 25.9 Å². The van der Waals surface area contributed by atoms with Crippen LogP contribution in [0.25, 0.3) is 0 Å². The molecule has 2 fully saturated rings. The number of rotatable bonds is 7. The molecule has 2 aliphatic heterocycles. The van der Waals surface area contributed by atoms with Crippen LogP contribution >= 0.6 is 0 Å². The first kappa shape index (κ1) is 16.5. The van der Waals surface area contributed by atoms with Gasteiger partial charge in [-0.3, -0.25) is 4.79 Å². The van der Waals surface area contributed by atoms with E-state index in [-0.39, 0.29) is 5.91 Å². The zero-order valence-corrected chi connectivity index (χ0v) is 14.0. The summed E-state index contributed by atoms with van der Waals surface area (Å²) in [6, 6.07) is 10.5. The van der Waals surface area contributed by atoms with Crippen LogP contribution in [-0.4, -0.2) is 54.5 Å². The number of benzene rings is 1. The molecule has 1 atom stereocenters. The number of carbonyl (C=O) groups excluding carboxylic acids is 1. The molecule has 2 aliphatic rings. The van der Waals surface area contributed by atoms with E-state index in [4.69, 9.17) is 4.74 Å². The van der Waals surface area contributed by atoms with Gasteiger partial charge in [-0.25, -0.2) is 0 Å². The zero-order chi connectivity index (χ0) is 15.9. The lowest BCUT2D eigenvalue weighted by molar-refractivity contribution is -0.133. The molecule has 126 valence electrons. The summed E-state index contributed by atoms with van der Waals surface area (Å²) < 4.78 is 5.66. The highest BCUT2D eigenvalue weighted by Gasteiger charge is 2.30. The van der Waals surface area contributed by atoms with Crippen molar-refractivity contribution in [2.75, 3.05) is 32.8 Å². The SMILES string of the molecule is O=C(CCOCc1ccccc1)N1CCC[C@H]1CN1CCCC1. The summed E-state index contributed by atoms with van der Waals surface area (Å²) in [4.78, 5) is 17.1. The van der Waals surface area contributed by atoms with Gasteiger partial charge in [-0.1, -0.05) is 30.3 Å². The second-order valence-electron chi connectivity index (χ2n) is 6.68. The lowest BCUT2D eigenvalue weighted by Gasteiger charge is -2.28. The van der Waals surface area contributed by atoms with Crippen molar-refractivity contribution in [1.29, 1.82) is 0 Å². The Morgan fingerprint density at radius 1 is 1.09 bits per heavy atom. The Hall–Kier alpha value is -1.39. The lowest BCUT2D eigenvalue weighted by atomic mass is 10.2. The minimum Gasteiger partial charge on any atom is -0.376 e. The largest absolute Gasteiger partial charge is 0.376 e. The summed E-state index contributed by atoms with van der Waals surface area (Å²) in [6.07, 6.45) is 5.44. The number of amides is 1. The molecule has 0 radical (unpaired) electrons. The number of carbonyl (C=O) groups is 1. The van der Waals surface area contributed by atoms with Crippen molar-refractivity contribution < 1.29 is 9.53 Å². The van der Waals surface area contributed by atoms with Crippen molar-refractivity contribution >= 4 is 5.91 Å². The number of likely N-dealkylation sites (tertiary alicyclic amines) is 2. The molecule has 0 aromatic heterocycles. The standard InChI is InChI=1S/C19H28N2O2/c22-19(10-14-23-16-17-7-2-1-3-8-17)21-13-6-9-18(21)15-20-11-4-5-12-20/h1-3,7-8,18H,4-6,9-16H2/t18-/m0/s1. The second kappa shape index (κ2) is 8.46. The molecule has 0 N–H and O–H groups in total. The minimum atomic E-state index is 0.264. The predicted octanol–water partition coefficient (Wildman–Crippen LogP) is 2.68. The summed E-state index contributed by atoms with van der Waals surface area (Å²) in [5.74, 6) is 0.264. The van der Waals surface area contributed by atoms with Gasteiger partial charge in [0.25, 0.3) is 0 Å². The van der Waals surface area contributed by atoms with Crippen molar-refractivity contribution in [2.45, 2.75) is 44.8 Å². The fourth-order valence-electron chi connectivity index (χ4n) is 3.68. The van der Waals surface area contributed by atoms with Crippen LogP contribution in [0.5, 0.6) is 0 Å². The van der Waals surface area contributed by atoms with Gasteiger partial charge in [-0.15, -0.1) is 0 Å². The Morgan fingerprint density at radius 2 is 1.87 bits per heavy atom. The van der Waals surface area contributed by atoms with Gasteiger partial charge in [-0.2, -0.15) is 0 Å². The van der Waals surface area contributed by atoms with Crippen LogP contribution in [0.15, 0.2) is 30.3 Å². The van der Waals surface area contributed by atoms with Crippen molar-refractivity contribution in [3.05, 3.63) is 35.9 Å². The summed E-state index contributed by atoms with van der Waals surface area (Å²) in [5, 5.41) is 0. The lowest BCUT2D eigenvalue weighted by Crippen LogP contribution is -2.42. The molecule has 0 saturated carbocycles. The molecule has 1 aromatic carbocycles. The average molecular weight is 316 g/mol. The van der Waals surface area contributed by atoms with E-state index < -0.39 is 0 Å². The first-order valence-corrected chi connectivity index (χ1v) is 8.96. The molecular formula is C19H28N2O2. The molecular weight excluding hydrogens is 288 g/mol. The quantitative estimate of drug-likeness (QED) is 0.725. The van der Waals surface area contributed by atoms with Gasteiger partial charge in [0, 0.05) is 19.1 Å². The van der Waals surface area contributed by atoms with Crippen LogP contribution in [-0.2, 0) is 16.1 Å². The van der Waals surface area contributed by atoms with Crippen LogP contribution in [0, 0.1) is 0 Å². The van der Waals surface area contributed by atoms with Crippen LogP contribution in [0.1, 0.15) is 37.7 Å². The molecule has 2 heterocycles. The maximum Gasteiger partial charge on any atom is 0.225 e. The molecule has 2 saturated heterocycles. The van der Waals surface area contributed by atoms with Crippen molar-refractivity contribution in [1.82, 2.24) is 9.80 Å². The third kappa shape index (κ3) is 4.79. The molecule has 0 spiro atoms. The zero-order valence-electron chi connectivity index (χ0n) is 14.0. The Morgan fingerprint density at radius 3 is 2.65 bits per heavy atom. The van der Waals surface area contributed by atoms with Gasteiger partial charge < -0.3 is 14.5 Å². The van der Waals surface area contributed by atoms with Crippen LogP contribution in [0.4, 0.5) is 0 Å². The fourth-order valence-corrected chi connectivity index (χ4v) is 3.68. The van der Waals surface area contributed by atoms with Gasteiger partial charge in [-0.05, 0) is 44.3 Å². The van der Waals surface area contributed by atoms with E-state index in [2.05, 4.69) is 9.80 Å². The molecule has 1 amide bonds. The number of hydrogen-bond donors (Lipinski definition) is 0.